The molecule has 10 heteroatoms. The van der Waals surface area contributed by atoms with Crippen molar-refractivity contribution in [2.24, 2.45) is 11.8 Å². The van der Waals surface area contributed by atoms with Crippen LogP contribution in [0.3, 0.4) is 0 Å². The fourth-order valence-electron chi connectivity index (χ4n) is 7.33. The number of anilines is 1. The third-order valence-corrected chi connectivity index (χ3v) is 9.65. The van der Waals surface area contributed by atoms with E-state index in [-0.39, 0.29) is 0 Å². The number of benzene rings is 3. The van der Waals surface area contributed by atoms with Gasteiger partial charge >= 0.3 is 18.1 Å². The molecule has 250 valence electrons. The first-order chi connectivity index (χ1) is 23.1. The molecule has 4 aromatic rings. The van der Waals surface area contributed by atoms with Gasteiger partial charge < -0.3 is 14.6 Å². The van der Waals surface area contributed by atoms with Crippen LogP contribution in [0, 0.1) is 11.8 Å². The normalized spacial score (nSPS) is 19.3. The number of pyridine rings is 1. The molecule has 0 unspecified atom stereocenters. The van der Waals surface area contributed by atoms with Crippen molar-refractivity contribution in [1.82, 2.24) is 9.88 Å². The molecule has 2 fully saturated rings. The summed E-state index contributed by atoms with van der Waals surface area (Å²) >= 11 is 0. The van der Waals surface area contributed by atoms with Crippen LogP contribution in [0.25, 0.3) is 11.3 Å². The van der Waals surface area contributed by atoms with E-state index in [0.29, 0.717) is 41.1 Å². The molecule has 0 radical (unpaired) electrons. The van der Waals surface area contributed by atoms with Gasteiger partial charge in [-0.3, -0.25) is 9.69 Å². The highest BCUT2D eigenvalue weighted by Crippen LogP contribution is 2.41. The Hall–Kier alpha value is -4.70. The number of hydrogen-bond acceptors (Lipinski definition) is 6. The van der Waals surface area contributed by atoms with Crippen molar-refractivity contribution in [2.45, 2.75) is 57.9 Å². The number of hydrogen-bond donors (Lipinski definition) is 1. The van der Waals surface area contributed by atoms with Crippen LogP contribution in [0.2, 0.25) is 0 Å². The van der Waals surface area contributed by atoms with Crippen molar-refractivity contribution in [2.75, 3.05) is 18.0 Å². The average Bonchev–Trinajstić information content (AvgIpc) is 3.53. The minimum Gasteiger partial charge on any atom is -0.382 e. The number of halogens is 3. The maximum Gasteiger partial charge on any atom is 0.491 e. The van der Waals surface area contributed by atoms with E-state index in [1.807, 2.05) is 24.3 Å². The Kier molecular flexibility index (Phi) is 9.82. The molecule has 1 aliphatic carbocycles. The highest BCUT2D eigenvalue weighted by atomic mass is 19.4. The topological polar surface area (TPSA) is 82.7 Å². The van der Waals surface area contributed by atoms with Gasteiger partial charge in [-0.25, -0.2) is 9.59 Å². The zero-order chi connectivity index (χ0) is 33.8. The number of fused-ring (bicyclic) bond motifs is 1. The average molecular weight is 658 g/mol. The minimum absolute atomic E-state index is 0.376. The summed E-state index contributed by atoms with van der Waals surface area (Å²) < 4.78 is 41.6. The van der Waals surface area contributed by atoms with Crippen LogP contribution >= 0.6 is 0 Å². The number of H-pyrrole nitrogens is 1. The zero-order valence-corrected chi connectivity index (χ0v) is 26.7. The SMILES string of the molecule is CCc1cc(C(=O)OC(=O)C(F)(F)F)c(=O)[nH]c1-c1ccc(N2C[C@@H]3CCC[C@@H](N(Cc4ccccc4)Cc4ccccc4)[C@H]3C2)cc1. The molecule has 1 aliphatic heterocycles. The molecule has 1 saturated carbocycles. The van der Waals surface area contributed by atoms with Gasteiger partial charge in [-0.2, -0.15) is 13.2 Å². The predicted molar refractivity (Wildman–Crippen MR) is 177 cm³/mol. The predicted octanol–water partition coefficient (Wildman–Crippen LogP) is 7.16. The summed E-state index contributed by atoms with van der Waals surface area (Å²) in [5, 5.41) is 0. The summed E-state index contributed by atoms with van der Waals surface area (Å²) in [6, 6.07) is 30.8. The second-order valence-corrected chi connectivity index (χ2v) is 12.7. The molecule has 1 saturated heterocycles. The number of aromatic nitrogens is 1. The van der Waals surface area contributed by atoms with Crippen molar-refractivity contribution in [1.29, 1.82) is 0 Å². The molecule has 48 heavy (non-hydrogen) atoms. The quantitative estimate of drug-likeness (QED) is 0.152. The highest BCUT2D eigenvalue weighted by Gasteiger charge is 2.44. The van der Waals surface area contributed by atoms with Gasteiger partial charge in [0, 0.05) is 37.9 Å². The number of aromatic amines is 1. The van der Waals surface area contributed by atoms with E-state index in [4.69, 9.17) is 0 Å². The number of carbonyl (C=O) groups excluding carboxylic acids is 2. The number of rotatable bonds is 9. The summed E-state index contributed by atoms with van der Waals surface area (Å²) in [5.41, 5.74) is 3.79. The van der Waals surface area contributed by atoms with E-state index in [2.05, 4.69) is 80.2 Å². The molecular formula is C38H38F3N3O4. The minimum atomic E-state index is -5.35. The van der Waals surface area contributed by atoms with E-state index in [0.717, 1.165) is 38.3 Å². The van der Waals surface area contributed by atoms with Gasteiger partial charge in [0.05, 0.1) is 5.69 Å². The maximum absolute atomic E-state index is 12.7. The Morgan fingerprint density at radius 2 is 1.52 bits per heavy atom. The van der Waals surface area contributed by atoms with E-state index in [1.54, 1.807) is 6.92 Å². The Bertz CT molecular complexity index is 1750. The smallest absolute Gasteiger partial charge is 0.382 e. The summed E-state index contributed by atoms with van der Waals surface area (Å²) in [6.07, 6.45) is -1.42. The molecule has 2 aliphatic rings. The Morgan fingerprint density at radius 3 is 2.10 bits per heavy atom. The van der Waals surface area contributed by atoms with Crippen LogP contribution in [0.5, 0.6) is 0 Å². The van der Waals surface area contributed by atoms with Gasteiger partial charge in [0.2, 0.25) is 0 Å². The maximum atomic E-state index is 12.7. The molecule has 0 bridgehead atoms. The molecule has 1 aromatic heterocycles. The molecule has 7 nitrogen and oxygen atoms in total. The second-order valence-electron chi connectivity index (χ2n) is 12.7. The first-order valence-electron chi connectivity index (χ1n) is 16.4. The fraction of sp³-hybridized carbons (Fsp3) is 0.342. The van der Waals surface area contributed by atoms with Gasteiger partial charge in [-0.1, -0.05) is 86.1 Å². The van der Waals surface area contributed by atoms with Gasteiger partial charge in [-0.05, 0) is 71.6 Å². The molecule has 0 amide bonds. The second kappa shape index (κ2) is 14.2. The van der Waals surface area contributed by atoms with Crippen molar-refractivity contribution in [3.63, 3.8) is 0 Å². The van der Waals surface area contributed by atoms with Crippen LogP contribution in [0.15, 0.2) is 95.8 Å². The van der Waals surface area contributed by atoms with Crippen LogP contribution in [-0.2, 0) is 29.0 Å². The lowest BCUT2D eigenvalue weighted by Crippen LogP contribution is -2.45. The number of aryl methyl sites for hydroxylation is 1. The van der Waals surface area contributed by atoms with E-state index in [9.17, 15) is 27.6 Å². The Labute approximate surface area is 277 Å². The van der Waals surface area contributed by atoms with Gasteiger partial charge in [0.1, 0.15) is 5.56 Å². The first-order valence-corrected chi connectivity index (χ1v) is 16.4. The third-order valence-electron chi connectivity index (χ3n) is 9.65. The number of alkyl halides is 3. The summed E-state index contributed by atoms with van der Waals surface area (Å²) in [4.78, 5) is 43.8. The molecule has 3 atom stereocenters. The number of carbonyl (C=O) groups is 2. The third kappa shape index (κ3) is 7.39. The molecule has 2 heterocycles. The largest absolute Gasteiger partial charge is 0.491 e. The molecule has 6 rings (SSSR count). The lowest BCUT2D eigenvalue weighted by atomic mass is 9.77. The monoisotopic (exact) mass is 657 g/mol. The van der Waals surface area contributed by atoms with Gasteiger partial charge in [-0.15, -0.1) is 0 Å². The van der Waals surface area contributed by atoms with Gasteiger partial charge in [0.15, 0.2) is 0 Å². The molecule has 0 spiro atoms. The number of nitrogens with one attached hydrogen (secondary N) is 1. The van der Waals surface area contributed by atoms with Crippen molar-refractivity contribution >= 4 is 17.6 Å². The zero-order valence-electron chi connectivity index (χ0n) is 26.7. The van der Waals surface area contributed by atoms with Crippen molar-refractivity contribution in [3.8, 4) is 11.3 Å². The van der Waals surface area contributed by atoms with E-state index < -0.39 is 29.2 Å². The van der Waals surface area contributed by atoms with Crippen LogP contribution < -0.4 is 10.5 Å². The fourth-order valence-corrected chi connectivity index (χ4v) is 7.33. The summed E-state index contributed by atoms with van der Waals surface area (Å²) in [5.74, 6) is -3.21. The summed E-state index contributed by atoms with van der Waals surface area (Å²) in [6.45, 7) is 5.49. The number of nitrogens with zero attached hydrogens (tertiary/aromatic N) is 2. The van der Waals surface area contributed by atoms with Crippen LogP contribution in [0.1, 0.15) is 53.2 Å². The molecule has 1 N–H and O–H groups in total. The van der Waals surface area contributed by atoms with E-state index in [1.165, 1.54) is 30.0 Å². The first kappa shape index (κ1) is 33.2. The summed E-state index contributed by atoms with van der Waals surface area (Å²) in [7, 11) is 0. The lowest BCUT2D eigenvalue weighted by molar-refractivity contribution is -0.193. The number of esters is 2. The Balaban J connectivity index is 1.20. The van der Waals surface area contributed by atoms with Crippen molar-refractivity contribution < 1.29 is 27.5 Å². The van der Waals surface area contributed by atoms with Crippen LogP contribution in [0.4, 0.5) is 18.9 Å². The Morgan fingerprint density at radius 1 is 0.896 bits per heavy atom. The lowest BCUT2D eigenvalue weighted by Gasteiger charge is -2.41. The standard InChI is InChI=1S/C38H38F3N3O4/c1-2-27-20-31(36(46)48-37(47)38(39,40)41)35(45)42-34(27)28-16-18-30(19-17-28)43-23-29-14-9-15-33(32(29)24-43)44(21-25-10-5-3-6-11-25)22-26-12-7-4-8-13-26/h3-8,10-13,16-20,29,32-33H,2,9,14-15,21-24H2,1H3,(H,42,45)/t29-,32-,33+/m0/s1. The highest BCUT2D eigenvalue weighted by molar-refractivity contribution is 5.98. The van der Waals surface area contributed by atoms with E-state index >= 15 is 0 Å². The van der Waals surface area contributed by atoms with Gasteiger partial charge in [0.25, 0.3) is 5.56 Å². The number of ether oxygens (including phenoxy) is 1. The van der Waals surface area contributed by atoms with Crippen LogP contribution in [-0.4, -0.2) is 47.1 Å². The molecule has 3 aromatic carbocycles. The molecular weight excluding hydrogens is 619 g/mol. The van der Waals surface area contributed by atoms with Crippen molar-refractivity contribution in [3.05, 3.63) is 124 Å².